The summed E-state index contributed by atoms with van der Waals surface area (Å²) in [6, 6.07) is 4.62. The zero-order chi connectivity index (χ0) is 17.7. The summed E-state index contributed by atoms with van der Waals surface area (Å²) >= 11 is 0. The molecule has 0 fully saturated rings. The van der Waals surface area contributed by atoms with E-state index in [1.165, 1.54) is 24.3 Å². The van der Waals surface area contributed by atoms with Gasteiger partial charge in [0.05, 0.1) is 12.6 Å². The normalized spacial score (nSPS) is 14.7. The maximum atomic E-state index is 13.0. The van der Waals surface area contributed by atoms with Crippen molar-refractivity contribution in [1.29, 1.82) is 0 Å². The summed E-state index contributed by atoms with van der Waals surface area (Å²) in [5.41, 5.74) is -0.819. The minimum absolute atomic E-state index is 0.0355. The number of halogens is 1. The van der Waals surface area contributed by atoms with Crippen LogP contribution in [-0.4, -0.2) is 27.8 Å². The van der Waals surface area contributed by atoms with Gasteiger partial charge >= 0.3 is 6.03 Å². The highest BCUT2D eigenvalue weighted by atomic mass is 19.1. The van der Waals surface area contributed by atoms with Crippen molar-refractivity contribution in [3.63, 3.8) is 0 Å². The predicted molar refractivity (Wildman–Crippen MR) is 84.6 cm³/mol. The second-order valence-electron chi connectivity index (χ2n) is 5.74. The number of nitrogens with one attached hydrogen (secondary N) is 2. The van der Waals surface area contributed by atoms with E-state index in [9.17, 15) is 14.3 Å². The lowest BCUT2D eigenvalue weighted by Crippen LogP contribution is -2.44. The van der Waals surface area contributed by atoms with Gasteiger partial charge in [0.15, 0.2) is 5.82 Å². The molecule has 1 heterocycles. The van der Waals surface area contributed by atoms with Crippen LogP contribution >= 0.6 is 0 Å². The first-order valence-corrected chi connectivity index (χ1v) is 7.65. The molecule has 7 nitrogen and oxygen atoms in total. The third-order valence-corrected chi connectivity index (χ3v) is 3.63. The lowest BCUT2D eigenvalue weighted by Gasteiger charge is -2.25. The van der Waals surface area contributed by atoms with E-state index in [1.807, 2.05) is 6.92 Å². The molecule has 24 heavy (non-hydrogen) atoms. The molecule has 1 aromatic heterocycles. The Balaban J connectivity index is 1.93. The molecular weight excluding hydrogens is 315 g/mol. The average Bonchev–Trinajstić information content (AvgIpc) is 2.97. The minimum Gasteiger partial charge on any atom is -0.384 e. The van der Waals surface area contributed by atoms with Gasteiger partial charge in [-0.15, -0.1) is 0 Å². The van der Waals surface area contributed by atoms with Gasteiger partial charge < -0.3 is 20.3 Å². The lowest BCUT2D eigenvalue weighted by molar-refractivity contribution is 0.0591. The number of aryl methyl sites for hydroxylation is 1. The fourth-order valence-corrected chi connectivity index (χ4v) is 2.18. The first kappa shape index (κ1) is 17.9. The number of aromatic nitrogens is 2. The van der Waals surface area contributed by atoms with Crippen LogP contribution in [0.2, 0.25) is 0 Å². The summed E-state index contributed by atoms with van der Waals surface area (Å²) in [5, 5.41) is 19.5. The molecule has 0 bridgehead atoms. The molecule has 0 saturated carbocycles. The van der Waals surface area contributed by atoms with Gasteiger partial charge in [0, 0.05) is 6.92 Å². The van der Waals surface area contributed by atoms with Crippen molar-refractivity contribution in [2.24, 2.45) is 0 Å². The van der Waals surface area contributed by atoms with E-state index in [0.29, 0.717) is 23.7 Å². The standard InChI is InChI=1S/C16H21FN4O3/c1-4-13(14-19-10(2)24-21-14)20-15(22)18-9-16(3,23)11-5-7-12(17)8-6-11/h5-8,13,23H,4,9H2,1-3H3,(H2,18,20,22)/t13-,16-/m1/s1. The Morgan fingerprint density at radius 3 is 2.62 bits per heavy atom. The third kappa shape index (κ3) is 4.51. The molecule has 1 aromatic carbocycles. The van der Waals surface area contributed by atoms with E-state index < -0.39 is 17.7 Å². The van der Waals surface area contributed by atoms with E-state index in [-0.39, 0.29) is 12.4 Å². The quantitative estimate of drug-likeness (QED) is 0.751. The summed E-state index contributed by atoms with van der Waals surface area (Å²) in [7, 11) is 0. The number of nitrogens with zero attached hydrogens (tertiary/aromatic N) is 2. The highest BCUT2D eigenvalue weighted by Crippen LogP contribution is 2.20. The van der Waals surface area contributed by atoms with Gasteiger partial charge in [0.2, 0.25) is 5.89 Å². The van der Waals surface area contributed by atoms with Crippen molar-refractivity contribution in [2.45, 2.75) is 38.8 Å². The van der Waals surface area contributed by atoms with Gasteiger partial charge in [-0.3, -0.25) is 0 Å². The highest BCUT2D eigenvalue weighted by Gasteiger charge is 2.25. The van der Waals surface area contributed by atoms with Gasteiger partial charge in [-0.2, -0.15) is 4.98 Å². The summed E-state index contributed by atoms with van der Waals surface area (Å²) in [6.45, 7) is 5.06. The number of aliphatic hydroxyl groups is 1. The smallest absolute Gasteiger partial charge is 0.315 e. The molecule has 0 aliphatic rings. The molecule has 2 atom stereocenters. The molecule has 2 aromatic rings. The molecular formula is C16H21FN4O3. The fourth-order valence-electron chi connectivity index (χ4n) is 2.18. The molecule has 2 rings (SSSR count). The van der Waals surface area contributed by atoms with Crippen molar-refractivity contribution in [2.75, 3.05) is 6.54 Å². The van der Waals surface area contributed by atoms with Crippen LogP contribution in [0.15, 0.2) is 28.8 Å². The highest BCUT2D eigenvalue weighted by molar-refractivity contribution is 5.74. The third-order valence-electron chi connectivity index (χ3n) is 3.63. The molecule has 0 aliphatic carbocycles. The van der Waals surface area contributed by atoms with Gasteiger partial charge in [-0.25, -0.2) is 9.18 Å². The topological polar surface area (TPSA) is 100 Å². The van der Waals surface area contributed by atoms with Crippen LogP contribution in [0.4, 0.5) is 9.18 Å². The Labute approximate surface area is 139 Å². The van der Waals surface area contributed by atoms with Gasteiger partial charge in [0.25, 0.3) is 0 Å². The molecule has 130 valence electrons. The number of benzene rings is 1. The fraction of sp³-hybridized carbons (Fsp3) is 0.438. The van der Waals surface area contributed by atoms with Crippen molar-refractivity contribution < 1.29 is 18.8 Å². The Kier molecular flexibility index (Phi) is 5.50. The number of urea groups is 1. The Bertz CT molecular complexity index is 685. The number of carbonyl (C=O) groups excluding carboxylic acids is 1. The molecule has 3 N–H and O–H groups in total. The number of carbonyl (C=O) groups is 1. The predicted octanol–water partition coefficient (Wildman–Crippen LogP) is 2.18. The lowest BCUT2D eigenvalue weighted by atomic mass is 9.96. The molecule has 0 unspecified atom stereocenters. The Hall–Kier alpha value is -2.48. The van der Waals surface area contributed by atoms with E-state index >= 15 is 0 Å². The van der Waals surface area contributed by atoms with Gasteiger partial charge in [-0.05, 0) is 31.0 Å². The Morgan fingerprint density at radius 1 is 1.42 bits per heavy atom. The van der Waals surface area contributed by atoms with Crippen molar-refractivity contribution >= 4 is 6.03 Å². The number of amides is 2. The van der Waals surface area contributed by atoms with Crippen LogP contribution < -0.4 is 10.6 Å². The van der Waals surface area contributed by atoms with E-state index in [1.54, 1.807) is 13.8 Å². The summed E-state index contributed by atoms with van der Waals surface area (Å²) < 4.78 is 17.9. The maximum Gasteiger partial charge on any atom is 0.315 e. The summed E-state index contributed by atoms with van der Waals surface area (Å²) in [5.74, 6) is 0.432. The number of hydrogen-bond acceptors (Lipinski definition) is 5. The second kappa shape index (κ2) is 7.39. The molecule has 0 spiro atoms. The monoisotopic (exact) mass is 336 g/mol. The van der Waals surface area contributed by atoms with Crippen LogP contribution in [0.5, 0.6) is 0 Å². The number of hydrogen-bond donors (Lipinski definition) is 3. The maximum absolute atomic E-state index is 13.0. The van der Waals surface area contributed by atoms with Gasteiger partial charge in [0.1, 0.15) is 11.4 Å². The Morgan fingerprint density at radius 2 is 2.08 bits per heavy atom. The van der Waals surface area contributed by atoms with E-state index in [0.717, 1.165) is 0 Å². The van der Waals surface area contributed by atoms with E-state index in [2.05, 4.69) is 20.8 Å². The first-order chi connectivity index (χ1) is 11.3. The average molecular weight is 336 g/mol. The molecule has 2 amide bonds. The second-order valence-corrected chi connectivity index (χ2v) is 5.74. The summed E-state index contributed by atoms with van der Waals surface area (Å²) in [6.07, 6.45) is 0.584. The zero-order valence-electron chi connectivity index (χ0n) is 13.8. The van der Waals surface area contributed by atoms with Crippen LogP contribution in [-0.2, 0) is 5.60 Å². The SMILES string of the molecule is CC[C@@H](NC(=O)NC[C@@](C)(O)c1ccc(F)cc1)c1noc(C)n1. The van der Waals surface area contributed by atoms with Crippen molar-refractivity contribution in [3.8, 4) is 0 Å². The zero-order valence-corrected chi connectivity index (χ0v) is 13.8. The van der Waals surface area contributed by atoms with Crippen molar-refractivity contribution in [1.82, 2.24) is 20.8 Å². The molecule has 0 saturated heterocycles. The largest absolute Gasteiger partial charge is 0.384 e. The van der Waals surface area contributed by atoms with Gasteiger partial charge in [-0.1, -0.05) is 24.2 Å². The first-order valence-electron chi connectivity index (χ1n) is 7.65. The molecule has 0 aliphatic heterocycles. The van der Waals surface area contributed by atoms with Crippen LogP contribution in [0.1, 0.15) is 43.6 Å². The van der Waals surface area contributed by atoms with Crippen LogP contribution in [0.25, 0.3) is 0 Å². The van der Waals surface area contributed by atoms with E-state index in [4.69, 9.17) is 4.52 Å². The van der Waals surface area contributed by atoms with Crippen LogP contribution in [0, 0.1) is 12.7 Å². The number of rotatable bonds is 6. The minimum atomic E-state index is -1.32. The van der Waals surface area contributed by atoms with Crippen molar-refractivity contribution in [3.05, 3.63) is 47.4 Å². The van der Waals surface area contributed by atoms with Crippen LogP contribution in [0.3, 0.4) is 0 Å². The summed E-state index contributed by atoms with van der Waals surface area (Å²) in [4.78, 5) is 16.1. The molecule has 8 heteroatoms. The molecule has 0 radical (unpaired) electrons.